The van der Waals surface area contributed by atoms with Gasteiger partial charge in [-0.3, -0.25) is 4.68 Å². The minimum Gasteiger partial charge on any atom is -0.392 e. The first-order chi connectivity index (χ1) is 7.31. The maximum atomic E-state index is 9.92. The molecule has 0 aromatic carbocycles. The number of aryl methyl sites for hydroxylation is 1. The number of hydrogen-bond donors (Lipinski definition) is 1. The summed E-state index contributed by atoms with van der Waals surface area (Å²) in [6, 6.07) is 0. The van der Waals surface area contributed by atoms with Crippen LogP contribution in [-0.2, 0) is 6.54 Å². The Bertz CT molecular complexity index is 308. The van der Waals surface area contributed by atoms with E-state index in [0.717, 1.165) is 25.8 Å². The monoisotopic (exact) mass is 208 g/mol. The first-order valence-electron chi connectivity index (χ1n) is 6.01. The lowest BCUT2D eigenvalue weighted by molar-refractivity contribution is 0.106. The van der Waals surface area contributed by atoms with Gasteiger partial charge in [0.1, 0.15) is 0 Å². The second-order valence-corrected chi connectivity index (χ2v) is 4.50. The molecule has 1 heterocycles. The quantitative estimate of drug-likeness (QED) is 0.827. The van der Waals surface area contributed by atoms with E-state index in [9.17, 15) is 5.11 Å². The standard InChI is InChI=1S/C12H20N2O/c1-2-7-14-9-10(8-13-14)11-5-3-4-6-12(11)15/h8-9,11-12,15H,2-7H2,1H3. The Hall–Kier alpha value is -0.830. The van der Waals surface area contributed by atoms with Crippen LogP contribution in [0.1, 0.15) is 50.5 Å². The van der Waals surface area contributed by atoms with Crippen LogP contribution in [0.2, 0.25) is 0 Å². The summed E-state index contributed by atoms with van der Waals surface area (Å²) in [4.78, 5) is 0. The second-order valence-electron chi connectivity index (χ2n) is 4.50. The Morgan fingerprint density at radius 2 is 2.27 bits per heavy atom. The molecule has 84 valence electrons. The van der Waals surface area contributed by atoms with E-state index in [2.05, 4.69) is 18.2 Å². The van der Waals surface area contributed by atoms with E-state index in [-0.39, 0.29) is 6.10 Å². The molecule has 1 aromatic rings. The highest BCUT2D eigenvalue weighted by Gasteiger charge is 2.25. The van der Waals surface area contributed by atoms with E-state index in [1.54, 1.807) is 0 Å². The van der Waals surface area contributed by atoms with Crippen molar-refractivity contribution in [1.82, 2.24) is 9.78 Å². The van der Waals surface area contributed by atoms with Gasteiger partial charge in [0, 0.05) is 18.7 Å². The zero-order valence-corrected chi connectivity index (χ0v) is 9.39. The van der Waals surface area contributed by atoms with Crippen LogP contribution in [0.5, 0.6) is 0 Å². The Labute approximate surface area is 91.1 Å². The number of aliphatic hydroxyl groups is 1. The van der Waals surface area contributed by atoms with Crippen LogP contribution >= 0.6 is 0 Å². The van der Waals surface area contributed by atoms with Gasteiger partial charge in [0.05, 0.1) is 12.3 Å². The van der Waals surface area contributed by atoms with Crippen molar-refractivity contribution in [1.29, 1.82) is 0 Å². The molecule has 1 aliphatic carbocycles. The number of aliphatic hydroxyl groups excluding tert-OH is 1. The molecular weight excluding hydrogens is 188 g/mol. The predicted octanol–water partition coefficient (Wildman–Crippen LogP) is 2.31. The van der Waals surface area contributed by atoms with Crippen molar-refractivity contribution >= 4 is 0 Å². The van der Waals surface area contributed by atoms with Crippen molar-refractivity contribution in [2.45, 2.75) is 57.6 Å². The van der Waals surface area contributed by atoms with Crippen LogP contribution in [0.25, 0.3) is 0 Å². The molecule has 0 amide bonds. The highest BCUT2D eigenvalue weighted by Crippen LogP contribution is 2.32. The van der Waals surface area contributed by atoms with E-state index >= 15 is 0 Å². The number of nitrogens with zero attached hydrogens (tertiary/aromatic N) is 2. The van der Waals surface area contributed by atoms with Gasteiger partial charge in [-0.15, -0.1) is 0 Å². The van der Waals surface area contributed by atoms with Crippen LogP contribution in [0.3, 0.4) is 0 Å². The summed E-state index contributed by atoms with van der Waals surface area (Å²) in [7, 11) is 0. The van der Waals surface area contributed by atoms with Crippen molar-refractivity contribution < 1.29 is 5.11 Å². The second kappa shape index (κ2) is 4.79. The topological polar surface area (TPSA) is 38.0 Å². The summed E-state index contributed by atoms with van der Waals surface area (Å²) >= 11 is 0. The van der Waals surface area contributed by atoms with E-state index in [1.807, 2.05) is 10.9 Å². The van der Waals surface area contributed by atoms with Crippen molar-refractivity contribution in [3.8, 4) is 0 Å². The lowest BCUT2D eigenvalue weighted by atomic mass is 9.83. The van der Waals surface area contributed by atoms with Gasteiger partial charge in [-0.05, 0) is 24.8 Å². The van der Waals surface area contributed by atoms with Crippen LogP contribution < -0.4 is 0 Å². The first kappa shape index (κ1) is 10.7. The summed E-state index contributed by atoms with van der Waals surface area (Å²) in [5.74, 6) is 0.323. The molecule has 0 bridgehead atoms. The van der Waals surface area contributed by atoms with Crippen LogP contribution in [-0.4, -0.2) is 21.0 Å². The molecule has 0 radical (unpaired) electrons. The zero-order valence-electron chi connectivity index (χ0n) is 9.39. The van der Waals surface area contributed by atoms with E-state index in [4.69, 9.17) is 0 Å². The fourth-order valence-corrected chi connectivity index (χ4v) is 2.42. The van der Waals surface area contributed by atoms with Gasteiger partial charge in [-0.25, -0.2) is 0 Å². The van der Waals surface area contributed by atoms with E-state index in [1.165, 1.54) is 18.4 Å². The first-order valence-corrected chi connectivity index (χ1v) is 6.01. The fourth-order valence-electron chi connectivity index (χ4n) is 2.42. The molecule has 3 nitrogen and oxygen atoms in total. The molecule has 15 heavy (non-hydrogen) atoms. The molecule has 0 spiro atoms. The van der Waals surface area contributed by atoms with Crippen molar-refractivity contribution in [3.05, 3.63) is 18.0 Å². The van der Waals surface area contributed by atoms with Crippen LogP contribution in [0.15, 0.2) is 12.4 Å². The maximum Gasteiger partial charge on any atom is 0.0609 e. The number of aromatic nitrogens is 2. The largest absolute Gasteiger partial charge is 0.392 e. The molecule has 1 fully saturated rings. The molecule has 1 N–H and O–H groups in total. The number of rotatable bonds is 3. The minimum absolute atomic E-state index is 0.155. The van der Waals surface area contributed by atoms with Gasteiger partial charge in [0.25, 0.3) is 0 Å². The van der Waals surface area contributed by atoms with Crippen LogP contribution in [0.4, 0.5) is 0 Å². The molecule has 1 saturated carbocycles. The molecule has 0 aliphatic heterocycles. The number of hydrogen-bond acceptors (Lipinski definition) is 2. The molecule has 2 atom stereocenters. The summed E-state index contributed by atoms with van der Waals surface area (Å²) in [6.45, 7) is 3.12. The summed E-state index contributed by atoms with van der Waals surface area (Å²) < 4.78 is 1.98. The summed E-state index contributed by atoms with van der Waals surface area (Å²) in [5.41, 5.74) is 1.22. The average Bonchev–Trinajstić information content (AvgIpc) is 2.68. The van der Waals surface area contributed by atoms with Gasteiger partial charge in [0.15, 0.2) is 0 Å². The van der Waals surface area contributed by atoms with E-state index in [0.29, 0.717) is 5.92 Å². The molecule has 3 heteroatoms. The smallest absolute Gasteiger partial charge is 0.0609 e. The zero-order chi connectivity index (χ0) is 10.7. The Morgan fingerprint density at radius 1 is 1.47 bits per heavy atom. The fraction of sp³-hybridized carbons (Fsp3) is 0.750. The van der Waals surface area contributed by atoms with Crippen molar-refractivity contribution in [2.24, 2.45) is 0 Å². The Balaban J connectivity index is 2.06. The lowest BCUT2D eigenvalue weighted by Crippen LogP contribution is -2.22. The Morgan fingerprint density at radius 3 is 3.00 bits per heavy atom. The third-order valence-electron chi connectivity index (χ3n) is 3.26. The minimum atomic E-state index is -0.155. The van der Waals surface area contributed by atoms with E-state index < -0.39 is 0 Å². The van der Waals surface area contributed by atoms with Gasteiger partial charge >= 0.3 is 0 Å². The molecule has 0 saturated heterocycles. The normalized spacial score (nSPS) is 26.8. The molecule has 2 rings (SSSR count). The third-order valence-corrected chi connectivity index (χ3v) is 3.26. The molecule has 1 aliphatic rings. The molecule has 1 aromatic heterocycles. The SMILES string of the molecule is CCCn1cc(C2CCCCC2O)cn1. The highest BCUT2D eigenvalue weighted by molar-refractivity contribution is 5.14. The Kier molecular flexibility index (Phi) is 3.41. The van der Waals surface area contributed by atoms with Crippen molar-refractivity contribution in [3.63, 3.8) is 0 Å². The average molecular weight is 208 g/mol. The molecule has 2 unspecified atom stereocenters. The van der Waals surface area contributed by atoms with Gasteiger partial charge in [-0.1, -0.05) is 19.8 Å². The summed E-state index contributed by atoms with van der Waals surface area (Å²) in [5, 5.41) is 14.2. The van der Waals surface area contributed by atoms with Gasteiger partial charge < -0.3 is 5.11 Å². The van der Waals surface area contributed by atoms with Gasteiger partial charge in [0.2, 0.25) is 0 Å². The lowest BCUT2D eigenvalue weighted by Gasteiger charge is -2.26. The predicted molar refractivity (Wildman–Crippen MR) is 59.7 cm³/mol. The maximum absolute atomic E-state index is 9.92. The summed E-state index contributed by atoms with van der Waals surface area (Å²) in [6.07, 6.45) is 9.44. The highest BCUT2D eigenvalue weighted by atomic mass is 16.3. The molecular formula is C12H20N2O. The van der Waals surface area contributed by atoms with Crippen LogP contribution in [0, 0.1) is 0 Å². The van der Waals surface area contributed by atoms with Gasteiger partial charge in [-0.2, -0.15) is 5.10 Å². The van der Waals surface area contributed by atoms with Crippen molar-refractivity contribution in [2.75, 3.05) is 0 Å². The third kappa shape index (κ3) is 2.40.